The number of pyridine rings is 1. The highest BCUT2D eigenvalue weighted by atomic mass is 16.5. The monoisotopic (exact) mass is 293 g/mol. The van der Waals surface area contributed by atoms with E-state index in [2.05, 4.69) is 41.2 Å². The summed E-state index contributed by atoms with van der Waals surface area (Å²) in [5, 5.41) is 0. The fourth-order valence-corrected chi connectivity index (χ4v) is 3.61. The Balaban J connectivity index is 1.75. The van der Waals surface area contributed by atoms with E-state index in [0.29, 0.717) is 12.6 Å². The highest BCUT2D eigenvalue weighted by Crippen LogP contribution is 2.39. The molecule has 2 aliphatic rings. The van der Waals surface area contributed by atoms with Gasteiger partial charge in [0.15, 0.2) is 0 Å². The van der Waals surface area contributed by atoms with Crippen molar-refractivity contribution in [2.75, 3.05) is 6.54 Å². The van der Waals surface area contributed by atoms with Crippen molar-refractivity contribution in [3.05, 3.63) is 53.3 Å². The van der Waals surface area contributed by atoms with E-state index in [0.717, 1.165) is 19.3 Å². The molecule has 4 rings (SSSR count). The van der Waals surface area contributed by atoms with E-state index in [1.54, 1.807) is 0 Å². The predicted molar refractivity (Wildman–Crippen MR) is 86.7 cm³/mol. The number of hydrogen-bond acceptors (Lipinski definition) is 4. The zero-order chi connectivity index (χ0) is 15.2. The smallest absolute Gasteiger partial charge is 0.282 e. The van der Waals surface area contributed by atoms with E-state index >= 15 is 0 Å². The van der Waals surface area contributed by atoms with Gasteiger partial charge in [0.1, 0.15) is 5.60 Å². The van der Waals surface area contributed by atoms with Gasteiger partial charge in [-0.15, -0.1) is 0 Å². The van der Waals surface area contributed by atoms with Crippen LogP contribution in [0.3, 0.4) is 0 Å². The van der Waals surface area contributed by atoms with Crippen LogP contribution in [0.25, 0.3) is 11.1 Å². The fourth-order valence-electron chi connectivity index (χ4n) is 3.61. The van der Waals surface area contributed by atoms with E-state index in [1.165, 1.54) is 27.8 Å². The first-order chi connectivity index (χ1) is 10.7. The van der Waals surface area contributed by atoms with Crippen LogP contribution >= 0.6 is 0 Å². The van der Waals surface area contributed by atoms with Crippen LogP contribution in [-0.4, -0.2) is 23.2 Å². The Bertz CT molecular complexity index is 769. The predicted octanol–water partition coefficient (Wildman–Crippen LogP) is 2.63. The number of ether oxygens (including phenoxy) is 1. The lowest BCUT2D eigenvalue weighted by Gasteiger charge is -2.34. The summed E-state index contributed by atoms with van der Waals surface area (Å²) in [5.41, 5.74) is 12.0. The minimum absolute atomic E-state index is 0.223. The number of nitrogens with zero attached hydrogens (tertiary/aromatic N) is 2. The quantitative estimate of drug-likeness (QED) is 0.879. The van der Waals surface area contributed by atoms with Crippen LogP contribution < -0.4 is 5.73 Å². The summed E-state index contributed by atoms with van der Waals surface area (Å²) in [4.78, 5) is 8.54. The maximum absolute atomic E-state index is 5.83. The summed E-state index contributed by atoms with van der Waals surface area (Å²) in [6, 6.07) is 8.92. The molecule has 4 heteroatoms. The molecular weight excluding hydrogens is 274 g/mol. The summed E-state index contributed by atoms with van der Waals surface area (Å²) in [6.07, 6.45) is 6.63. The van der Waals surface area contributed by atoms with Gasteiger partial charge in [0.25, 0.3) is 6.02 Å². The first-order valence-electron chi connectivity index (χ1n) is 7.68. The van der Waals surface area contributed by atoms with E-state index in [9.17, 15) is 0 Å². The van der Waals surface area contributed by atoms with Crippen LogP contribution in [0.1, 0.15) is 23.1 Å². The zero-order valence-corrected chi connectivity index (χ0v) is 12.7. The van der Waals surface area contributed by atoms with Gasteiger partial charge in [0, 0.05) is 24.4 Å². The van der Waals surface area contributed by atoms with Crippen LogP contribution in [0.4, 0.5) is 0 Å². The molecule has 1 unspecified atom stereocenters. The molecular formula is C18H19N3O. The molecule has 4 nitrogen and oxygen atoms in total. The summed E-state index contributed by atoms with van der Waals surface area (Å²) < 4.78 is 5.83. The number of aromatic nitrogens is 1. The van der Waals surface area contributed by atoms with Crippen LogP contribution in [0.2, 0.25) is 0 Å². The third-order valence-electron chi connectivity index (χ3n) is 4.79. The molecule has 1 aliphatic heterocycles. The maximum Gasteiger partial charge on any atom is 0.282 e. The largest absolute Gasteiger partial charge is 0.456 e. The Morgan fingerprint density at radius 1 is 1.23 bits per heavy atom. The molecule has 2 heterocycles. The highest BCUT2D eigenvalue weighted by Gasteiger charge is 2.40. The number of aliphatic imine (C=N–C) groups is 1. The molecule has 0 radical (unpaired) electrons. The molecule has 1 aromatic carbocycles. The Morgan fingerprint density at radius 3 is 2.91 bits per heavy atom. The second kappa shape index (κ2) is 4.83. The van der Waals surface area contributed by atoms with Gasteiger partial charge in [-0.3, -0.25) is 4.98 Å². The second-order valence-electron chi connectivity index (χ2n) is 6.25. The zero-order valence-electron chi connectivity index (χ0n) is 12.7. The van der Waals surface area contributed by atoms with Gasteiger partial charge in [0.05, 0.1) is 6.54 Å². The van der Waals surface area contributed by atoms with Gasteiger partial charge >= 0.3 is 0 Å². The van der Waals surface area contributed by atoms with Crippen molar-refractivity contribution in [3.63, 3.8) is 0 Å². The third kappa shape index (κ3) is 2.06. The van der Waals surface area contributed by atoms with Gasteiger partial charge in [0.2, 0.25) is 0 Å². The number of nitrogens with two attached hydrogens (primary N) is 1. The molecule has 2 aromatic rings. The van der Waals surface area contributed by atoms with Gasteiger partial charge in [-0.2, -0.15) is 0 Å². The lowest BCUT2D eigenvalue weighted by Crippen LogP contribution is -2.40. The van der Waals surface area contributed by atoms with Crippen molar-refractivity contribution in [1.29, 1.82) is 0 Å². The summed E-state index contributed by atoms with van der Waals surface area (Å²) in [7, 11) is 0. The SMILES string of the molecule is Cc1ccncc1-c1cccc2c1CCC1(CN=C(N)O1)C2. The molecule has 0 saturated heterocycles. The minimum atomic E-state index is -0.223. The van der Waals surface area contributed by atoms with Gasteiger partial charge in [-0.25, -0.2) is 4.99 Å². The van der Waals surface area contributed by atoms with E-state index in [-0.39, 0.29) is 5.60 Å². The molecule has 0 amide bonds. The van der Waals surface area contributed by atoms with Crippen molar-refractivity contribution in [2.24, 2.45) is 10.7 Å². The van der Waals surface area contributed by atoms with Gasteiger partial charge < -0.3 is 10.5 Å². The van der Waals surface area contributed by atoms with Gasteiger partial charge in [-0.05, 0) is 48.1 Å². The first kappa shape index (κ1) is 13.3. The maximum atomic E-state index is 5.83. The fraction of sp³-hybridized carbons (Fsp3) is 0.333. The number of benzene rings is 1. The number of rotatable bonds is 1. The Kier molecular flexibility index (Phi) is 2.93. The normalized spacial score (nSPS) is 23.0. The molecule has 0 bridgehead atoms. The van der Waals surface area contributed by atoms with Gasteiger partial charge in [-0.1, -0.05) is 18.2 Å². The molecule has 1 atom stereocenters. The molecule has 2 N–H and O–H groups in total. The third-order valence-corrected chi connectivity index (χ3v) is 4.79. The van der Waals surface area contributed by atoms with Crippen molar-refractivity contribution >= 4 is 6.02 Å². The first-order valence-corrected chi connectivity index (χ1v) is 7.68. The second-order valence-corrected chi connectivity index (χ2v) is 6.25. The summed E-state index contributed by atoms with van der Waals surface area (Å²) in [5.74, 6) is 0. The Morgan fingerprint density at radius 2 is 2.14 bits per heavy atom. The van der Waals surface area contributed by atoms with Crippen molar-refractivity contribution in [2.45, 2.75) is 31.8 Å². The van der Waals surface area contributed by atoms with Crippen LogP contribution in [0.15, 0.2) is 41.7 Å². The van der Waals surface area contributed by atoms with Crippen LogP contribution in [0.5, 0.6) is 0 Å². The van der Waals surface area contributed by atoms with E-state index in [1.807, 2.05) is 12.4 Å². The standard InChI is InChI=1S/C18H19N3O/c1-12-6-8-20-10-16(12)15-4-2-3-13-9-18(7-5-14(13)15)11-21-17(19)22-18/h2-4,6,8,10H,5,7,9,11H2,1H3,(H2,19,21). The van der Waals surface area contributed by atoms with Crippen LogP contribution in [0, 0.1) is 6.92 Å². The summed E-state index contributed by atoms with van der Waals surface area (Å²) >= 11 is 0. The summed E-state index contributed by atoms with van der Waals surface area (Å²) in [6.45, 7) is 2.81. The highest BCUT2D eigenvalue weighted by molar-refractivity contribution is 5.75. The molecule has 1 spiro atoms. The Labute approximate surface area is 130 Å². The van der Waals surface area contributed by atoms with E-state index < -0.39 is 0 Å². The number of fused-ring (bicyclic) bond motifs is 1. The van der Waals surface area contributed by atoms with Crippen molar-refractivity contribution in [1.82, 2.24) is 4.98 Å². The topological polar surface area (TPSA) is 60.5 Å². The van der Waals surface area contributed by atoms with E-state index in [4.69, 9.17) is 10.5 Å². The molecule has 0 saturated carbocycles. The van der Waals surface area contributed by atoms with Crippen LogP contribution in [-0.2, 0) is 17.6 Å². The average molecular weight is 293 g/mol. The molecule has 0 fully saturated rings. The number of aryl methyl sites for hydroxylation is 1. The average Bonchev–Trinajstić information content (AvgIpc) is 2.87. The van der Waals surface area contributed by atoms with Crippen molar-refractivity contribution < 1.29 is 4.74 Å². The number of amidine groups is 1. The molecule has 1 aromatic heterocycles. The van der Waals surface area contributed by atoms with Crippen molar-refractivity contribution in [3.8, 4) is 11.1 Å². The number of hydrogen-bond donors (Lipinski definition) is 1. The lowest BCUT2D eigenvalue weighted by atomic mass is 9.77. The molecule has 22 heavy (non-hydrogen) atoms. The molecule has 1 aliphatic carbocycles. The lowest BCUT2D eigenvalue weighted by molar-refractivity contribution is 0.0704. The Hall–Kier alpha value is -2.36. The molecule has 112 valence electrons. The minimum Gasteiger partial charge on any atom is -0.456 e.